The van der Waals surface area contributed by atoms with E-state index in [9.17, 15) is 9.90 Å². The van der Waals surface area contributed by atoms with E-state index in [1.807, 2.05) is 31.2 Å². The van der Waals surface area contributed by atoms with E-state index >= 15 is 0 Å². The van der Waals surface area contributed by atoms with E-state index in [0.29, 0.717) is 6.54 Å². The lowest BCUT2D eigenvalue weighted by Crippen LogP contribution is -2.45. The molecule has 3 nitrogen and oxygen atoms in total. The molecule has 2 unspecified atom stereocenters. The van der Waals surface area contributed by atoms with Crippen LogP contribution < -0.4 is 0 Å². The number of carbonyl (C=O) groups excluding carboxylic acids is 1. The zero-order valence-corrected chi connectivity index (χ0v) is 12.5. The maximum Gasteiger partial charge on any atom is 0.246 e. The van der Waals surface area contributed by atoms with Gasteiger partial charge in [-0.3, -0.25) is 4.79 Å². The fourth-order valence-electron chi connectivity index (χ4n) is 2.13. The van der Waals surface area contributed by atoms with Gasteiger partial charge in [0.1, 0.15) is 0 Å². The van der Waals surface area contributed by atoms with Crippen molar-refractivity contribution in [3.63, 3.8) is 0 Å². The predicted molar refractivity (Wildman–Crippen MR) is 79.5 cm³/mol. The van der Waals surface area contributed by atoms with Gasteiger partial charge in [-0.2, -0.15) is 0 Å². The monoisotopic (exact) mass is 323 g/mol. The molecule has 0 saturated carbocycles. The Balaban J connectivity index is 1.97. The van der Waals surface area contributed by atoms with Gasteiger partial charge in [-0.1, -0.05) is 35.0 Å². The van der Waals surface area contributed by atoms with Crippen LogP contribution in [0.15, 0.2) is 34.8 Å². The molecule has 1 aromatic rings. The largest absolute Gasteiger partial charge is 0.391 e. The topological polar surface area (TPSA) is 40.5 Å². The number of halogens is 1. The number of aliphatic hydroxyl groups is 1. The highest BCUT2D eigenvalue weighted by atomic mass is 79.9. The summed E-state index contributed by atoms with van der Waals surface area (Å²) in [6.45, 7) is 3.17. The zero-order valence-electron chi connectivity index (χ0n) is 10.9. The summed E-state index contributed by atoms with van der Waals surface area (Å²) >= 11 is 3.40. The highest BCUT2D eigenvalue weighted by molar-refractivity contribution is 9.10. The first-order valence-corrected chi connectivity index (χ1v) is 7.26. The van der Waals surface area contributed by atoms with Crippen LogP contribution in [0, 0.1) is 5.92 Å². The number of nitrogens with zero attached hydrogens (tertiary/aromatic N) is 1. The lowest BCUT2D eigenvalue weighted by Gasteiger charge is -2.33. The molecule has 19 heavy (non-hydrogen) atoms. The van der Waals surface area contributed by atoms with E-state index in [1.165, 1.54) is 0 Å². The van der Waals surface area contributed by atoms with Crippen molar-refractivity contribution in [1.29, 1.82) is 0 Å². The van der Waals surface area contributed by atoms with E-state index in [0.717, 1.165) is 23.0 Å². The molecule has 1 aliphatic heterocycles. The van der Waals surface area contributed by atoms with Gasteiger partial charge in [-0.05, 0) is 36.1 Å². The zero-order chi connectivity index (χ0) is 13.8. The summed E-state index contributed by atoms with van der Waals surface area (Å²) < 4.78 is 0.990. The van der Waals surface area contributed by atoms with Crippen LogP contribution >= 0.6 is 15.9 Å². The maximum absolute atomic E-state index is 12.0. The van der Waals surface area contributed by atoms with Gasteiger partial charge in [0, 0.05) is 23.6 Å². The number of hydrogen-bond donors (Lipinski definition) is 1. The molecular weight excluding hydrogens is 306 g/mol. The Labute approximate surface area is 122 Å². The van der Waals surface area contributed by atoms with Crippen LogP contribution in [-0.2, 0) is 4.79 Å². The minimum Gasteiger partial charge on any atom is -0.391 e. The SMILES string of the molecule is CC1CCN(C(=O)/C=C/c2cccc(Br)c2)CC1O. The Kier molecular flexibility index (Phi) is 4.77. The van der Waals surface area contributed by atoms with Crippen LogP contribution in [0.2, 0.25) is 0 Å². The van der Waals surface area contributed by atoms with Gasteiger partial charge in [0.05, 0.1) is 6.10 Å². The molecule has 1 fully saturated rings. The Hall–Kier alpha value is -1.13. The second-order valence-electron chi connectivity index (χ2n) is 5.01. The van der Waals surface area contributed by atoms with Crippen LogP contribution in [0.5, 0.6) is 0 Å². The number of amides is 1. The molecule has 1 amide bonds. The van der Waals surface area contributed by atoms with Crippen molar-refractivity contribution >= 4 is 27.9 Å². The molecule has 1 N–H and O–H groups in total. The molecule has 4 heteroatoms. The van der Waals surface area contributed by atoms with Crippen LogP contribution in [0.25, 0.3) is 6.08 Å². The molecule has 0 aliphatic carbocycles. The van der Waals surface area contributed by atoms with Gasteiger partial charge >= 0.3 is 0 Å². The minimum atomic E-state index is -0.406. The molecule has 0 spiro atoms. The number of piperidine rings is 1. The maximum atomic E-state index is 12.0. The third kappa shape index (κ3) is 3.91. The molecule has 2 rings (SSSR count). The van der Waals surface area contributed by atoms with E-state index < -0.39 is 6.10 Å². The second kappa shape index (κ2) is 6.35. The molecule has 1 saturated heterocycles. The van der Waals surface area contributed by atoms with Crippen molar-refractivity contribution in [3.8, 4) is 0 Å². The molecule has 0 bridgehead atoms. The molecular formula is C15H18BrNO2. The number of aliphatic hydroxyl groups excluding tert-OH is 1. The molecule has 2 atom stereocenters. The first kappa shape index (κ1) is 14.3. The third-order valence-corrected chi connectivity index (χ3v) is 3.99. The van der Waals surface area contributed by atoms with Crippen LogP contribution in [0.4, 0.5) is 0 Å². The molecule has 1 heterocycles. The fraction of sp³-hybridized carbons (Fsp3) is 0.400. The standard InChI is InChI=1S/C15H18BrNO2/c1-11-7-8-17(10-14(11)18)15(19)6-5-12-3-2-4-13(16)9-12/h2-6,9,11,14,18H,7-8,10H2,1H3/b6-5+. The summed E-state index contributed by atoms with van der Waals surface area (Å²) in [5.74, 6) is 0.240. The summed E-state index contributed by atoms with van der Waals surface area (Å²) in [6, 6.07) is 7.78. The summed E-state index contributed by atoms with van der Waals surface area (Å²) in [5.41, 5.74) is 0.980. The van der Waals surface area contributed by atoms with Crippen LogP contribution in [-0.4, -0.2) is 35.1 Å². The summed E-state index contributed by atoms with van der Waals surface area (Å²) in [7, 11) is 0. The first-order chi connectivity index (χ1) is 9.06. The quantitative estimate of drug-likeness (QED) is 0.850. The average Bonchev–Trinajstić information content (AvgIpc) is 2.39. The van der Waals surface area contributed by atoms with Crippen molar-refractivity contribution in [2.24, 2.45) is 5.92 Å². The number of β-amino-alcohol motifs (C(OH)–C–C–N with tert-alkyl or cyclic N) is 1. The second-order valence-corrected chi connectivity index (χ2v) is 5.92. The fourth-order valence-corrected chi connectivity index (χ4v) is 2.55. The molecule has 0 radical (unpaired) electrons. The van der Waals surface area contributed by atoms with E-state index in [2.05, 4.69) is 15.9 Å². The summed E-state index contributed by atoms with van der Waals surface area (Å²) in [5, 5.41) is 9.79. The average molecular weight is 324 g/mol. The van der Waals surface area contributed by atoms with Gasteiger partial charge in [0.2, 0.25) is 5.91 Å². The van der Waals surface area contributed by atoms with Crippen molar-refractivity contribution < 1.29 is 9.90 Å². The Morgan fingerprint density at radius 1 is 1.53 bits per heavy atom. The predicted octanol–water partition coefficient (Wildman–Crippen LogP) is 2.69. The lowest BCUT2D eigenvalue weighted by atomic mass is 9.96. The van der Waals surface area contributed by atoms with Gasteiger partial charge in [0.25, 0.3) is 0 Å². The van der Waals surface area contributed by atoms with Gasteiger partial charge in [-0.25, -0.2) is 0 Å². The van der Waals surface area contributed by atoms with Crippen molar-refractivity contribution in [1.82, 2.24) is 4.90 Å². The molecule has 1 aromatic carbocycles. The Morgan fingerprint density at radius 3 is 3.00 bits per heavy atom. The Bertz CT molecular complexity index is 487. The summed E-state index contributed by atoms with van der Waals surface area (Å²) in [4.78, 5) is 13.7. The minimum absolute atomic E-state index is 0.0362. The number of likely N-dealkylation sites (tertiary alicyclic amines) is 1. The van der Waals surface area contributed by atoms with Crippen LogP contribution in [0.1, 0.15) is 18.9 Å². The van der Waals surface area contributed by atoms with Gasteiger partial charge < -0.3 is 10.0 Å². The smallest absolute Gasteiger partial charge is 0.246 e. The van der Waals surface area contributed by atoms with Crippen molar-refractivity contribution in [3.05, 3.63) is 40.4 Å². The number of hydrogen-bond acceptors (Lipinski definition) is 2. The van der Waals surface area contributed by atoms with E-state index in [1.54, 1.807) is 17.1 Å². The molecule has 1 aliphatic rings. The normalized spacial score (nSPS) is 23.8. The van der Waals surface area contributed by atoms with Crippen molar-refractivity contribution in [2.45, 2.75) is 19.4 Å². The highest BCUT2D eigenvalue weighted by Crippen LogP contribution is 2.18. The summed E-state index contributed by atoms with van der Waals surface area (Å²) in [6.07, 6.45) is 3.83. The molecule has 102 valence electrons. The van der Waals surface area contributed by atoms with Gasteiger partial charge in [-0.15, -0.1) is 0 Å². The van der Waals surface area contributed by atoms with Crippen LogP contribution in [0.3, 0.4) is 0 Å². The number of carbonyl (C=O) groups is 1. The van der Waals surface area contributed by atoms with E-state index in [4.69, 9.17) is 0 Å². The highest BCUT2D eigenvalue weighted by Gasteiger charge is 2.25. The lowest BCUT2D eigenvalue weighted by molar-refractivity contribution is -0.130. The number of rotatable bonds is 2. The molecule has 0 aromatic heterocycles. The van der Waals surface area contributed by atoms with E-state index in [-0.39, 0.29) is 11.8 Å². The van der Waals surface area contributed by atoms with Crippen molar-refractivity contribution in [2.75, 3.05) is 13.1 Å². The Morgan fingerprint density at radius 2 is 2.32 bits per heavy atom. The third-order valence-electron chi connectivity index (χ3n) is 3.50. The first-order valence-electron chi connectivity index (χ1n) is 6.47. The number of benzene rings is 1. The van der Waals surface area contributed by atoms with Gasteiger partial charge in [0.15, 0.2) is 0 Å².